The molecular weight excluding hydrogens is 413 g/mol. The molecule has 2 atom stereocenters. The summed E-state index contributed by atoms with van der Waals surface area (Å²) in [6.07, 6.45) is 1.52. The summed E-state index contributed by atoms with van der Waals surface area (Å²) >= 11 is 0. The van der Waals surface area contributed by atoms with E-state index in [4.69, 9.17) is 15.5 Å². The minimum atomic E-state index is -1.11. The van der Waals surface area contributed by atoms with E-state index in [1.807, 2.05) is 44.2 Å². The number of pyridine rings is 1. The number of hydrogen-bond acceptors (Lipinski definition) is 7. The van der Waals surface area contributed by atoms with Crippen molar-refractivity contribution in [3.8, 4) is 0 Å². The van der Waals surface area contributed by atoms with E-state index in [9.17, 15) is 14.7 Å². The summed E-state index contributed by atoms with van der Waals surface area (Å²) in [7, 11) is 0.632. The van der Waals surface area contributed by atoms with Crippen molar-refractivity contribution < 1.29 is 29.1 Å². The molecule has 1 aromatic carbocycles. The van der Waals surface area contributed by atoms with Crippen molar-refractivity contribution in [3.63, 3.8) is 0 Å². The number of carbonyl (C=O) groups is 2. The van der Waals surface area contributed by atoms with Gasteiger partial charge in [-0.3, -0.25) is 4.98 Å². The highest BCUT2D eigenvalue weighted by Gasteiger charge is 2.24. The highest BCUT2D eigenvalue weighted by molar-refractivity contribution is 6.15. The van der Waals surface area contributed by atoms with Crippen molar-refractivity contribution >= 4 is 30.7 Å². The summed E-state index contributed by atoms with van der Waals surface area (Å²) in [6.45, 7) is 9.25. The number of aliphatic carboxylic acids is 1. The third-order valence-corrected chi connectivity index (χ3v) is 4.04. The van der Waals surface area contributed by atoms with Crippen LogP contribution in [0.2, 0.25) is 0 Å². The molecule has 1 radical (unpaired) electrons. The number of nitrogens with zero attached hydrogens (tertiary/aromatic N) is 1. The lowest BCUT2D eigenvalue weighted by molar-refractivity contribution is -0.139. The van der Waals surface area contributed by atoms with Gasteiger partial charge in [-0.25, -0.2) is 9.59 Å². The van der Waals surface area contributed by atoms with Gasteiger partial charge >= 0.3 is 19.7 Å². The molecule has 2 aromatic rings. The van der Waals surface area contributed by atoms with E-state index >= 15 is 0 Å². The monoisotopic (exact) mass is 446 g/mol. The van der Waals surface area contributed by atoms with Gasteiger partial charge in [0.05, 0.1) is 11.7 Å². The second kappa shape index (κ2) is 13.0. The molecule has 0 fully saturated rings. The van der Waals surface area contributed by atoms with Gasteiger partial charge in [0.25, 0.3) is 0 Å². The Balaban J connectivity index is 0.000000482. The standard InChI is InChI=1S/C17H20N2O4.C5H13BNO2/c1-17(2,3)23-16(22)19-14(15(20)21)10-11-6-7-13-12(9-11)5-4-8-18-13;1-4(2)3-5(7)9-6-8/h4-9,14H,10H2,1-3H3,(H,19,22)(H,20,21);4-5,8H,3,7H2,1-2H3/t;5-/m.1/s1. The van der Waals surface area contributed by atoms with Crippen molar-refractivity contribution in [1.82, 2.24) is 10.3 Å². The first-order valence-corrected chi connectivity index (χ1v) is 10.3. The van der Waals surface area contributed by atoms with Gasteiger partial charge in [0, 0.05) is 18.0 Å². The molecule has 1 amide bonds. The molecule has 1 heterocycles. The lowest BCUT2D eigenvalue weighted by Crippen LogP contribution is -2.44. The normalized spacial score (nSPS) is 13.0. The number of hydrogen-bond donors (Lipinski definition) is 4. The Bertz CT molecular complexity index is 872. The van der Waals surface area contributed by atoms with Gasteiger partial charge in [-0.1, -0.05) is 26.0 Å². The topological polar surface area (TPSA) is 144 Å². The third kappa shape index (κ3) is 11.1. The Morgan fingerprint density at radius 2 is 1.94 bits per heavy atom. The fourth-order valence-corrected chi connectivity index (χ4v) is 2.74. The highest BCUT2D eigenvalue weighted by atomic mass is 16.6. The number of nitrogens with two attached hydrogens (primary N) is 1. The number of amides is 1. The Kier molecular flexibility index (Phi) is 11.1. The van der Waals surface area contributed by atoms with Crippen LogP contribution >= 0.6 is 0 Å². The summed E-state index contributed by atoms with van der Waals surface area (Å²) in [6, 6.07) is 8.18. The number of aromatic nitrogens is 1. The van der Waals surface area contributed by atoms with Crippen LogP contribution in [-0.2, 0) is 20.6 Å². The zero-order valence-corrected chi connectivity index (χ0v) is 19.2. The summed E-state index contributed by atoms with van der Waals surface area (Å²) < 4.78 is 9.66. The van der Waals surface area contributed by atoms with Crippen molar-refractivity contribution in [2.45, 2.75) is 65.3 Å². The number of carboxylic acid groups (broad SMARTS) is 1. The summed E-state index contributed by atoms with van der Waals surface area (Å²) in [5, 5.41) is 20.8. The van der Waals surface area contributed by atoms with Crippen molar-refractivity contribution in [2.24, 2.45) is 11.7 Å². The largest absolute Gasteiger partial charge is 0.486 e. The van der Waals surface area contributed by atoms with Crippen molar-refractivity contribution in [2.75, 3.05) is 0 Å². The van der Waals surface area contributed by atoms with Crippen LogP contribution in [0.25, 0.3) is 10.9 Å². The van der Waals surface area contributed by atoms with E-state index in [-0.39, 0.29) is 12.6 Å². The lowest BCUT2D eigenvalue weighted by Gasteiger charge is -2.22. The number of benzene rings is 1. The molecule has 5 N–H and O–H groups in total. The number of carboxylic acids is 1. The van der Waals surface area contributed by atoms with E-state index in [1.165, 1.54) is 0 Å². The molecule has 0 bridgehead atoms. The average Bonchev–Trinajstić information content (AvgIpc) is 2.66. The van der Waals surface area contributed by atoms with Crippen LogP contribution in [-0.4, -0.2) is 52.7 Å². The molecule has 0 aliphatic carbocycles. The number of carbonyl (C=O) groups excluding carboxylic acids is 1. The number of alkyl carbamates (subject to hydrolysis) is 1. The van der Waals surface area contributed by atoms with Crippen LogP contribution in [0.4, 0.5) is 4.79 Å². The molecule has 10 heteroatoms. The molecule has 175 valence electrons. The van der Waals surface area contributed by atoms with Crippen molar-refractivity contribution in [1.29, 1.82) is 0 Å². The lowest BCUT2D eigenvalue weighted by atomic mass is 10.0. The number of fused-ring (bicyclic) bond motifs is 1. The van der Waals surface area contributed by atoms with Crippen LogP contribution in [0.1, 0.15) is 46.6 Å². The first kappa shape index (κ1) is 27.3. The highest BCUT2D eigenvalue weighted by Crippen LogP contribution is 2.15. The summed E-state index contributed by atoms with van der Waals surface area (Å²) in [5.41, 5.74) is 6.33. The molecule has 0 aliphatic rings. The van der Waals surface area contributed by atoms with Gasteiger partial charge < -0.3 is 30.6 Å². The van der Waals surface area contributed by atoms with Gasteiger partial charge in [-0.05, 0) is 56.9 Å². The van der Waals surface area contributed by atoms with E-state index in [0.717, 1.165) is 22.9 Å². The fraction of sp³-hybridized carbons (Fsp3) is 0.500. The molecule has 1 unspecified atom stereocenters. The van der Waals surface area contributed by atoms with Gasteiger partial charge in [-0.2, -0.15) is 0 Å². The van der Waals surface area contributed by atoms with E-state index in [1.54, 1.807) is 27.0 Å². The summed E-state index contributed by atoms with van der Waals surface area (Å²) in [5.74, 6) is -0.609. The SMILES string of the molecule is CC(C)(C)OC(=O)NC(Cc1ccc2ncccc2c1)C(=O)O.CC(C)C[C@H](N)O[B]O. The maximum Gasteiger partial charge on any atom is 0.486 e. The predicted molar refractivity (Wildman–Crippen MR) is 123 cm³/mol. The first-order chi connectivity index (χ1) is 14.9. The van der Waals surface area contributed by atoms with Gasteiger partial charge in [0.2, 0.25) is 0 Å². The fourth-order valence-electron chi connectivity index (χ4n) is 2.74. The maximum atomic E-state index is 11.8. The van der Waals surface area contributed by atoms with E-state index in [2.05, 4.69) is 15.0 Å². The smallest absolute Gasteiger partial charge is 0.480 e. The molecule has 9 nitrogen and oxygen atoms in total. The average molecular weight is 446 g/mol. The Hall–Kier alpha value is -2.69. The summed E-state index contributed by atoms with van der Waals surface area (Å²) in [4.78, 5) is 27.4. The Morgan fingerprint density at radius 1 is 1.25 bits per heavy atom. The maximum absolute atomic E-state index is 11.8. The van der Waals surface area contributed by atoms with Crippen LogP contribution < -0.4 is 11.1 Å². The molecule has 0 aliphatic heterocycles. The van der Waals surface area contributed by atoms with Crippen LogP contribution in [0.3, 0.4) is 0 Å². The minimum Gasteiger partial charge on any atom is -0.480 e. The number of rotatable bonds is 8. The second-order valence-electron chi connectivity index (χ2n) is 8.68. The molecule has 32 heavy (non-hydrogen) atoms. The molecule has 1 aromatic heterocycles. The zero-order valence-electron chi connectivity index (χ0n) is 19.2. The Labute approximate surface area is 189 Å². The van der Waals surface area contributed by atoms with Crippen LogP contribution in [0.15, 0.2) is 36.5 Å². The first-order valence-electron chi connectivity index (χ1n) is 10.3. The second-order valence-corrected chi connectivity index (χ2v) is 8.68. The van der Waals surface area contributed by atoms with Gasteiger partial charge in [-0.15, -0.1) is 0 Å². The molecule has 2 rings (SSSR count). The quantitative estimate of drug-likeness (QED) is 0.358. The van der Waals surface area contributed by atoms with Gasteiger partial charge in [0.15, 0.2) is 0 Å². The number of nitrogens with one attached hydrogen (secondary N) is 1. The zero-order chi connectivity index (χ0) is 24.3. The van der Waals surface area contributed by atoms with Crippen LogP contribution in [0, 0.1) is 5.92 Å². The minimum absolute atomic E-state index is 0.166. The van der Waals surface area contributed by atoms with Crippen molar-refractivity contribution in [3.05, 3.63) is 42.1 Å². The van der Waals surface area contributed by atoms with E-state index < -0.39 is 23.7 Å². The molecule has 0 spiro atoms. The van der Waals surface area contributed by atoms with Crippen LogP contribution in [0.5, 0.6) is 0 Å². The Morgan fingerprint density at radius 3 is 2.50 bits per heavy atom. The molecule has 0 saturated carbocycles. The number of ether oxygens (including phenoxy) is 1. The predicted octanol–water partition coefficient (Wildman–Crippen LogP) is 2.62. The molecule has 0 saturated heterocycles. The van der Waals surface area contributed by atoms with E-state index in [0.29, 0.717) is 13.6 Å². The third-order valence-electron chi connectivity index (χ3n) is 4.04. The molecular formula is C22H33BN3O6. The van der Waals surface area contributed by atoms with Gasteiger partial charge in [0.1, 0.15) is 11.6 Å².